The molecule has 90 valence electrons. The van der Waals surface area contributed by atoms with Crippen molar-refractivity contribution in [3.8, 4) is 0 Å². The Morgan fingerprint density at radius 3 is 2.27 bits per heavy atom. The number of carbonyl (C=O) groups excluding carboxylic acids is 1. The Bertz CT molecular complexity index is 183. The van der Waals surface area contributed by atoms with Gasteiger partial charge in [0.1, 0.15) is 0 Å². The first-order valence-electron chi connectivity index (χ1n) is 5.61. The topological polar surface area (TPSA) is 61.4 Å². The molecule has 0 aliphatic carbocycles. The number of amides is 1. The lowest BCUT2D eigenvalue weighted by atomic mass is 9.83. The fourth-order valence-corrected chi connectivity index (χ4v) is 1.34. The number of aliphatic hydroxyl groups excluding tert-OH is 1. The summed E-state index contributed by atoms with van der Waals surface area (Å²) < 4.78 is 0. The Balaban J connectivity index is 4.16. The van der Waals surface area contributed by atoms with E-state index in [1.807, 2.05) is 20.8 Å². The molecule has 4 nitrogen and oxygen atoms in total. The van der Waals surface area contributed by atoms with Gasteiger partial charge in [0.2, 0.25) is 5.91 Å². The van der Waals surface area contributed by atoms with E-state index in [4.69, 9.17) is 0 Å². The third-order valence-electron chi connectivity index (χ3n) is 3.30. The zero-order valence-electron chi connectivity index (χ0n) is 10.3. The second-order valence-corrected chi connectivity index (χ2v) is 4.09. The molecule has 1 amide bonds. The number of likely N-dealkylation sites (N-methyl/N-ethyl adjacent to an activating group) is 1. The van der Waals surface area contributed by atoms with Gasteiger partial charge in [-0.25, -0.2) is 0 Å². The summed E-state index contributed by atoms with van der Waals surface area (Å²) in [5.74, 6) is -0.0165. The van der Waals surface area contributed by atoms with Crippen LogP contribution in [0.5, 0.6) is 0 Å². The van der Waals surface area contributed by atoms with Crippen molar-refractivity contribution in [1.82, 2.24) is 10.6 Å². The van der Waals surface area contributed by atoms with Crippen LogP contribution in [0.25, 0.3) is 0 Å². The highest BCUT2D eigenvalue weighted by molar-refractivity contribution is 5.81. The highest BCUT2D eigenvalue weighted by atomic mass is 16.3. The number of carbonyl (C=O) groups is 1. The van der Waals surface area contributed by atoms with E-state index in [-0.39, 0.29) is 24.0 Å². The smallest absolute Gasteiger partial charge is 0.236 e. The van der Waals surface area contributed by atoms with E-state index in [2.05, 4.69) is 10.6 Å². The van der Waals surface area contributed by atoms with Gasteiger partial charge in [0, 0.05) is 12.0 Å². The first kappa shape index (κ1) is 14.4. The van der Waals surface area contributed by atoms with Gasteiger partial charge in [0.25, 0.3) is 0 Å². The molecule has 0 aromatic carbocycles. The molecule has 3 N–H and O–H groups in total. The summed E-state index contributed by atoms with van der Waals surface area (Å²) in [6.45, 7) is 6.55. The van der Waals surface area contributed by atoms with Crippen molar-refractivity contribution in [2.45, 2.75) is 39.7 Å². The minimum atomic E-state index is -0.185. The second-order valence-electron chi connectivity index (χ2n) is 4.09. The van der Waals surface area contributed by atoms with Crippen LogP contribution in [-0.4, -0.2) is 37.3 Å². The molecular weight excluding hydrogens is 192 g/mol. The quantitative estimate of drug-likeness (QED) is 0.581. The van der Waals surface area contributed by atoms with E-state index in [0.29, 0.717) is 6.54 Å². The van der Waals surface area contributed by atoms with Gasteiger partial charge in [-0.3, -0.25) is 4.79 Å². The molecule has 1 atom stereocenters. The summed E-state index contributed by atoms with van der Waals surface area (Å²) in [5.41, 5.74) is -0.164. The van der Waals surface area contributed by atoms with Crippen molar-refractivity contribution in [3.05, 3.63) is 0 Å². The highest BCUT2D eigenvalue weighted by Gasteiger charge is 2.26. The molecule has 0 radical (unpaired) electrons. The Morgan fingerprint density at radius 2 is 1.93 bits per heavy atom. The van der Waals surface area contributed by atoms with Gasteiger partial charge < -0.3 is 15.7 Å². The highest BCUT2D eigenvalue weighted by Crippen LogP contribution is 2.24. The zero-order chi connectivity index (χ0) is 11.9. The Morgan fingerprint density at radius 1 is 1.40 bits per heavy atom. The molecule has 0 aromatic rings. The van der Waals surface area contributed by atoms with E-state index in [0.717, 1.165) is 12.8 Å². The molecule has 0 rings (SSSR count). The monoisotopic (exact) mass is 216 g/mol. The van der Waals surface area contributed by atoms with E-state index >= 15 is 0 Å². The standard InChI is InChI=1S/C11H24N2O2/c1-5-11(6-2,8-14)7-13-10(15)9(3)12-4/h9,12,14H,5-8H2,1-4H3,(H,13,15). The maximum absolute atomic E-state index is 11.5. The van der Waals surface area contributed by atoms with E-state index in [1.54, 1.807) is 7.05 Å². The lowest BCUT2D eigenvalue weighted by Crippen LogP contribution is -2.46. The van der Waals surface area contributed by atoms with Gasteiger partial charge in [-0.05, 0) is 26.8 Å². The van der Waals surface area contributed by atoms with Crippen molar-refractivity contribution in [3.63, 3.8) is 0 Å². The Labute approximate surface area is 92.4 Å². The van der Waals surface area contributed by atoms with Crippen LogP contribution in [0.4, 0.5) is 0 Å². The minimum Gasteiger partial charge on any atom is -0.396 e. The van der Waals surface area contributed by atoms with Crippen molar-refractivity contribution in [2.24, 2.45) is 5.41 Å². The van der Waals surface area contributed by atoms with E-state index in [1.165, 1.54) is 0 Å². The fraction of sp³-hybridized carbons (Fsp3) is 0.909. The van der Waals surface area contributed by atoms with Gasteiger partial charge in [0.05, 0.1) is 12.6 Å². The van der Waals surface area contributed by atoms with Crippen molar-refractivity contribution in [1.29, 1.82) is 0 Å². The summed E-state index contributed by atoms with van der Waals surface area (Å²) in [5, 5.41) is 15.1. The number of aliphatic hydroxyl groups is 1. The van der Waals surface area contributed by atoms with Gasteiger partial charge in [-0.15, -0.1) is 0 Å². The van der Waals surface area contributed by atoms with Gasteiger partial charge in [-0.2, -0.15) is 0 Å². The third-order valence-corrected chi connectivity index (χ3v) is 3.30. The van der Waals surface area contributed by atoms with E-state index < -0.39 is 0 Å². The van der Waals surface area contributed by atoms with Crippen LogP contribution in [0.2, 0.25) is 0 Å². The second kappa shape index (κ2) is 6.80. The maximum atomic E-state index is 11.5. The summed E-state index contributed by atoms with van der Waals surface area (Å²) in [6.07, 6.45) is 1.74. The first-order valence-corrected chi connectivity index (χ1v) is 5.61. The molecule has 0 fully saturated rings. The SMILES string of the molecule is CCC(CC)(CO)CNC(=O)C(C)NC. The normalized spacial score (nSPS) is 13.7. The summed E-state index contributed by atoms with van der Waals surface area (Å²) >= 11 is 0. The van der Waals surface area contributed by atoms with E-state index in [9.17, 15) is 9.90 Å². The van der Waals surface area contributed by atoms with Crippen LogP contribution >= 0.6 is 0 Å². The molecule has 15 heavy (non-hydrogen) atoms. The predicted molar refractivity (Wildman–Crippen MR) is 61.6 cm³/mol. The molecule has 0 heterocycles. The molecule has 0 spiro atoms. The predicted octanol–water partition coefficient (Wildman–Crippen LogP) is 0.509. The largest absolute Gasteiger partial charge is 0.396 e. The van der Waals surface area contributed by atoms with Gasteiger partial charge >= 0.3 is 0 Å². The lowest BCUT2D eigenvalue weighted by Gasteiger charge is -2.30. The van der Waals surface area contributed by atoms with Crippen LogP contribution in [0.15, 0.2) is 0 Å². The van der Waals surface area contributed by atoms with Crippen LogP contribution in [-0.2, 0) is 4.79 Å². The minimum absolute atomic E-state index is 0.0165. The van der Waals surface area contributed by atoms with Crippen LogP contribution in [0.1, 0.15) is 33.6 Å². The molecular formula is C11H24N2O2. The molecule has 0 aliphatic heterocycles. The van der Waals surface area contributed by atoms with Gasteiger partial charge in [0.15, 0.2) is 0 Å². The molecule has 0 saturated heterocycles. The molecule has 0 aromatic heterocycles. The Kier molecular flexibility index (Phi) is 6.52. The maximum Gasteiger partial charge on any atom is 0.236 e. The number of hydrogen-bond acceptors (Lipinski definition) is 3. The fourth-order valence-electron chi connectivity index (χ4n) is 1.34. The van der Waals surface area contributed by atoms with Gasteiger partial charge in [-0.1, -0.05) is 13.8 Å². The number of rotatable bonds is 7. The van der Waals surface area contributed by atoms with Crippen molar-refractivity contribution < 1.29 is 9.90 Å². The van der Waals surface area contributed by atoms with Crippen molar-refractivity contribution >= 4 is 5.91 Å². The van der Waals surface area contributed by atoms with Crippen LogP contribution in [0.3, 0.4) is 0 Å². The molecule has 1 unspecified atom stereocenters. The number of hydrogen-bond donors (Lipinski definition) is 3. The molecule has 0 bridgehead atoms. The summed E-state index contributed by atoms with van der Waals surface area (Å²) in [7, 11) is 1.75. The molecule has 0 aliphatic rings. The van der Waals surface area contributed by atoms with Crippen molar-refractivity contribution in [2.75, 3.05) is 20.2 Å². The summed E-state index contributed by atoms with van der Waals surface area (Å²) in [4.78, 5) is 11.5. The average Bonchev–Trinajstić information content (AvgIpc) is 2.30. The lowest BCUT2D eigenvalue weighted by molar-refractivity contribution is -0.123. The third kappa shape index (κ3) is 4.18. The van der Waals surface area contributed by atoms with Crippen LogP contribution < -0.4 is 10.6 Å². The van der Waals surface area contributed by atoms with Crippen LogP contribution in [0, 0.1) is 5.41 Å². The first-order chi connectivity index (χ1) is 7.05. The molecule has 4 heteroatoms. The zero-order valence-corrected chi connectivity index (χ0v) is 10.3. The Hall–Kier alpha value is -0.610. The molecule has 0 saturated carbocycles. The summed E-state index contributed by atoms with van der Waals surface area (Å²) in [6, 6.07) is -0.185. The average molecular weight is 216 g/mol. The number of nitrogens with one attached hydrogen (secondary N) is 2.